The maximum absolute atomic E-state index is 12.9. The number of nitrogens with zero attached hydrogens (tertiary/aromatic N) is 3. The summed E-state index contributed by atoms with van der Waals surface area (Å²) in [5.41, 5.74) is 4.11. The first kappa shape index (κ1) is 27.2. The topological polar surface area (TPSA) is 135 Å². The molecule has 33 heavy (non-hydrogen) atoms. The van der Waals surface area contributed by atoms with Crippen molar-refractivity contribution in [3.05, 3.63) is 41.1 Å². The third-order valence-electron chi connectivity index (χ3n) is 5.81. The van der Waals surface area contributed by atoms with Crippen molar-refractivity contribution in [1.29, 1.82) is 0 Å². The lowest BCUT2D eigenvalue weighted by Crippen LogP contribution is -2.58. The van der Waals surface area contributed by atoms with Gasteiger partial charge in [0.15, 0.2) is 5.78 Å². The fraction of sp³-hybridized carbons (Fsp3) is 0.565. The smallest absolute Gasteiger partial charge is 0.161 e. The Hall–Kier alpha value is -2.01. The number of Topliss-reactive ketones (excluding diaryl/α,β-unsaturated/α-hetero) is 1. The van der Waals surface area contributed by atoms with E-state index < -0.39 is 10.2 Å². The van der Waals surface area contributed by atoms with Crippen molar-refractivity contribution in [2.45, 2.75) is 47.0 Å². The molecule has 0 spiro atoms. The maximum Gasteiger partial charge on any atom is 0.161 e. The Labute approximate surface area is 197 Å². The summed E-state index contributed by atoms with van der Waals surface area (Å²) in [5.74, 6) is 1.11. The average Bonchev–Trinajstić information content (AvgIpc) is 2.73. The Morgan fingerprint density at radius 3 is 2.24 bits per heavy atom. The van der Waals surface area contributed by atoms with Crippen LogP contribution in [0.4, 0.5) is 0 Å². The van der Waals surface area contributed by atoms with Crippen LogP contribution in [0.5, 0.6) is 5.75 Å². The second-order valence-electron chi connectivity index (χ2n) is 8.86. The summed E-state index contributed by atoms with van der Waals surface area (Å²) >= 11 is 0. The number of carbonyl (C=O) groups excluding carboxylic acids is 1. The fourth-order valence-corrected chi connectivity index (χ4v) is 4.09. The van der Waals surface area contributed by atoms with E-state index in [1.807, 2.05) is 24.3 Å². The van der Waals surface area contributed by atoms with Crippen LogP contribution < -0.4 is 18.7 Å². The lowest BCUT2D eigenvalue weighted by Gasteiger charge is -2.39. The van der Waals surface area contributed by atoms with E-state index in [4.69, 9.17) is 28.5 Å². The first-order chi connectivity index (χ1) is 15.4. The Bertz CT molecular complexity index is 867. The summed E-state index contributed by atoms with van der Waals surface area (Å²) in [6.07, 6.45) is 2.15. The van der Waals surface area contributed by atoms with Crippen LogP contribution in [-0.2, 0) is 4.79 Å². The lowest BCUT2D eigenvalue weighted by molar-refractivity contribution is -1.92. The molecule has 1 aromatic carbocycles. The van der Waals surface area contributed by atoms with Crippen LogP contribution in [0.3, 0.4) is 0 Å². The lowest BCUT2D eigenvalue weighted by atomic mass is 9.74. The number of hydrogen-bond acceptors (Lipinski definition) is 9. The van der Waals surface area contributed by atoms with Crippen molar-refractivity contribution in [3.63, 3.8) is 0 Å². The average molecular weight is 484 g/mol. The maximum atomic E-state index is 12.9. The zero-order valence-corrected chi connectivity index (χ0v) is 20.7. The molecule has 0 saturated carbocycles. The molecular formula is C23H34ClN3O6. The third-order valence-corrected chi connectivity index (χ3v) is 5.81. The van der Waals surface area contributed by atoms with E-state index >= 15 is 0 Å². The molecule has 0 saturated heterocycles. The van der Waals surface area contributed by atoms with Gasteiger partial charge in [0.1, 0.15) is 5.75 Å². The summed E-state index contributed by atoms with van der Waals surface area (Å²) in [4.78, 5) is 15.3. The highest BCUT2D eigenvalue weighted by Crippen LogP contribution is 2.41. The Kier molecular flexibility index (Phi) is 9.42. The number of hydrogen-bond donors (Lipinski definition) is 1. The van der Waals surface area contributed by atoms with Crippen LogP contribution in [-0.4, -0.2) is 59.4 Å². The predicted molar refractivity (Wildman–Crippen MR) is 116 cm³/mol. The number of benzene rings is 1. The Morgan fingerprint density at radius 2 is 1.73 bits per heavy atom. The molecule has 0 amide bonds. The molecule has 1 aliphatic carbocycles. The molecule has 10 heteroatoms. The molecule has 9 nitrogen and oxygen atoms in total. The molecule has 1 aliphatic heterocycles. The standard InChI is InChI=1S/C23H33N3O2.ClHO4/c1-6-25(7-2)12-13-26-21-15-23(3,4)16-22(27)19(21)14-20(24-26)17-8-10-18(28-5)11-9-17;2-1(3,4)5/h8-11H,6-7,12-16H2,1-5H3;(H,2,3,4,5). The number of halogens is 1. The SMILES string of the molecule is CCN(CC)CCN1N=C(c2ccc(OC)cc2)CC2=C1CC(C)(C)CC2=O.[O-][Cl+3]([O-])([O-])O. The minimum Gasteiger partial charge on any atom is -0.497 e. The van der Waals surface area contributed by atoms with Gasteiger partial charge in [-0.3, -0.25) is 9.80 Å². The minimum atomic E-state index is -4.69. The fourth-order valence-electron chi connectivity index (χ4n) is 4.09. The predicted octanol–water partition coefficient (Wildman–Crippen LogP) is -0.0340. The number of methoxy groups -OCH3 is 1. The molecule has 1 aromatic rings. The molecule has 0 aromatic heterocycles. The highest BCUT2D eigenvalue weighted by molar-refractivity contribution is 6.09. The molecule has 0 bridgehead atoms. The molecule has 0 radical (unpaired) electrons. The van der Waals surface area contributed by atoms with Gasteiger partial charge in [0, 0.05) is 30.7 Å². The Balaban J connectivity index is 0.000000696. The Morgan fingerprint density at radius 1 is 1.15 bits per heavy atom. The van der Waals surface area contributed by atoms with Crippen molar-refractivity contribution in [2.24, 2.45) is 10.5 Å². The minimum absolute atomic E-state index is 0.00347. The van der Waals surface area contributed by atoms with Crippen molar-refractivity contribution in [3.8, 4) is 5.75 Å². The van der Waals surface area contributed by atoms with E-state index in [2.05, 4.69) is 37.6 Å². The molecule has 0 unspecified atom stereocenters. The van der Waals surface area contributed by atoms with Crippen LogP contribution in [0, 0.1) is 15.7 Å². The third kappa shape index (κ3) is 8.37. The zero-order chi connectivity index (χ0) is 24.8. The summed E-state index contributed by atoms with van der Waals surface area (Å²) in [7, 11) is -3.03. The van der Waals surface area contributed by atoms with Gasteiger partial charge < -0.3 is 9.64 Å². The normalized spacial score (nSPS) is 17.9. The van der Waals surface area contributed by atoms with Gasteiger partial charge in [-0.05, 0) is 54.8 Å². The number of carbonyl (C=O) groups is 1. The number of allylic oxidation sites excluding steroid dienone is 2. The molecule has 0 fully saturated rings. The molecule has 2 aliphatic rings. The van der Waals surface area contributed by atoms with Crippen LogP contribution in [0.25, 0.3) is 0 Å². The number of hydrazone groups is 1. The zero-order valence-electron chi connectivity index (χ0n) is 20.0. The number of ether oxygens (including phenoxy) is 1. The summed E-state index contributed by atoms with van der Waals surface area (Å²) in [6.45, 7) is 12.5. The molecule has 0 atom stereocenters. The molecule has 184 valence electrons. The summed E-state index contributed by atoms with van der Waals surface area (Å²) < 4.78 is 38.0. The first-order valence-corrected chi connectivity index (χ1v) is 12.2. The van der Waals surface area contributed by atoms with E-state index in [0.717, 1.165) is 60.9 Å². The van der Waals surface area contributed by atoms with Crippen LogP contribution >= 0.6 is 0 Å². The largest absolute Gasteiger partial charge is 0.497 e. The van der Waals surface area contributed by atoms with Crippen LogP contribution in [0.1, 0.15) is 52.5 Å². The van der Waals surface area contributed by atoms with Gasteiger partial charge in [0.25, 0.3) is 0 Å². The van der Waals surface area contributed by atoms with Gasteiger partial charge in [-0.15, -0.1) is 0 Å². The van der Waals surface area contributed by atoms with Gasteiger partial charge in [0.05, 0.1) is 34.3 Å². The highest BCUT2D eigenvalue weighted by Gasteiger charge is 2.37. The van der Waals surface area contributed by atoms with E-state index in [-0.39, 0.29) is 11.2 Å². The first-order valence-electron chi connectivity index (χ1n) is 11.0. The van der Waals surface area contributed by atoms with Gasteiger partial charge in [-0.25, -0.2) is 0 Å². The van der Waals surface area contributed by atoms with Crippen molar-refractivity contribution in [1.82, 2.24) is 9.91 Å². The molecule has 3 rings (SSSR count). The van der Waals surface area contributed by atoms with Crippen molar-refractivity contribution >= 4 is 11.5 Å². The van der Waals surface area contributed by atoms with Crippen LogP contribution in [0.2, 0.25) is 0 Å². The van der Waals surface area contributed by atoms with E-state index in [0.29, 0.717) is 12.8 Å². The second-order valence-corrected chi connectivity index (χ2v) is 9.66. The monoisotopic (exact) mass is 483 g/mol. The van der Waals surface area contributed by atoms with Gasteiger partial charge >= 0.3 is 0 Å². The van der Waals surface area contributed by atoms with Crippen molar-refractivity contribution in [2.75, 3.05) is 33.3 Å². The quantitative estimate of drug-likeness (QED) is 0.571. The van der Waals surface area contributed by atoms with Gasteiger partial charge in [-0.2, -0.15) is 19.1 Å². The number of rotatable bonds is 7. The number of ketones is 1. The summed E-state index contributed by atoms with van der Waals surface area (Å²) in [6, 6.07) is 7.97. The number of likely N-dealkylation sites (N-methyl/N-ethyl adjacent to an activating group) is 1. The summed E-state index contributed by atoms with van der Waals surface area (Å²) in [5, 5.41) is 7.11. The highest BCUT2D eigenvalue weighted by atomic mass is 35.7. The van der Waals surface area contributed by atoms with E-state index in [1.165, 1.54) is 0 Å². The molecular weight excluding hydrogens is 450 g/mol. The second kappa shape index (κ2) is 11.4. The molecule has 1 N–H and O–H groups in total. The van der Waals surface area contributed by atoms with Crippen molar-refractivity contribution < 1.29 is 38.4 Å². The molecule has 1 heterocycles. The van der Waals surface area contributed by atoms with Crippen LogP contribution in [0.15, 0.2) is 40.6 Å². The van der Waals surface area contributed by atoms with E-state index in [1.54, 1.807) is 7.11 Å². The van der Waals surface area contributed by atoms with Gasteiger partial charge in [0.2, 0.25) is 0 Å². The van der Waals surface area contributed by atoms with E-state index in [9.17, 15) is 4.79 Å². The van der Waals surface area contributed by atoms with Gasteiger partial charge in [-0.1, -0.05) is 27.7 Å².